The van der Waals surface area contributed by atoms with Gasteiger partial charge in [0.15, 0.2) is 0 Å². The molecule has 1 aliphatic carbocycles. The van der Waals surface area contributed by atoms with Crippen LogP contribution in [0.3, 0.4) is 0 Å². The Morgan fingerprint density at radius 3 is 2.78 bits per heavy atom. The number of amides is 2. The van der Waals surface area contributed by atoms with Gasteiger partial charge < -0.3 is 16.0 Å². The number of hydrogen-bond donors (Lipinski definition) is 2. The van der Waals surface area contributed by atoms with Gasteiger partial charge in [0.1, 0.15) is 0 Å². The van der Waals surface area contributed by atoms with Crippen molar-refractivity contribution < 1.29 is 9.59 Å². The molecule has 0 saturated heterocycles. The van der Waals surface area contributed by atoms with Crippen molar-refractivity contribution in [2.45, 2.75) is 51.1 Å². The molecule has 0 spiro atoms. The predicted octanol–water partition coefficient (Wildman–Crippen LogP) is 1.60. The standard InChI is InChI=1S/C18H25N3O2/c1-12-10-13-6-2-5-9-16(13)21(12)17(22)11-20-15-8-4-3-7-14(15)18(19)23/h2,5-6,9,12,14-15,20H,3-4,7-8,10-11H2,1H3,(H2,19,23)/t12-,14-,15-/m1/s1. The zero-order valence-corrected chi connectivity index (χ0v) is 13.6. The van der Waals surface area contributed by atoms with Crippen LogP contribution in [-0.4, -0.2) is 30.4 Å². The number of hydrogen-bond acceptors (Lipinski definition) is 3. The van der Waals surface area contributed by atoms with Crippen molar-refractivity contribution in [2.75, 3.05) is 11.4 Å². The number of carbonyl (C=O) groups excluding carboxylic acids is 2. The van der Waals surface area contributed by atoms with Crippen LogP contribution in [0.4, 0.5) is 5.69 Å². The molecule has 23 heavy (non-hydrogen) atoms. The molecule has 0 bridgehead atoms. The fraction of sp³-hybridized carbons (Fsp3) is 0.556. The maximum atomic E-state index is 12.7. The molecule has 2 amide bonds. The number of rotatable bonds is 4. The Hall–Kier alpha value is -1.88. The van der Waals surface area contributed by atoms with Gasteiger partial charge in [-0.05, 0) is 37.8 Å². The van der Waals surface area contributed by atoms with E-state index in [1.807, 2.05) is 23.1 Å². The molecule has 2 aliphatic rings. The van der Waals surface area contributed by atoms with Crippen LogP contribution in [0.25, 0.3) is 0 Å². The molecule has 1 heterocycles. The molecule has 1 aromatic carbocycles. The zero-order chi connectivity index (χ0) is 16.4. The van der Waals surface area contributed by atoms with Gasteiger partial charge in [-0.2, -0.15) is 0 Å². The van der Waals surface area contributed by atoms with Crippen molar-refractivity contribution in [3.05, 3.63) is 29.8 Å². The topological polar surface area (TPSA) is 75.4 Å². The van der Waals surface area contributed by atoms with E-state index in [0.29, 0.717) is 0 Å². The summed E-state index contributed by atoms with van der Waals surface area (Å²) in [4.78, 5) is 26.1. The molecule has 0 unspecified atom stereocenters. The van der Waals surface area contributed by atoms with Gasteiger partial charge in [0.25, 0.3) is 0 Å². The molecule has 3 N–H and O–H groups in total. The Morgan fingerprint density at radius 2 is 2.00 bits per heavy atom. The van der Waals surface area contributed by atoms with E-state index < -0.39 is 0 Å². The number of carbonyl (C=O) groups is 2. The second-order valence-corrected chi connectivity index (χ2v) is 6.73. The first-order chi connectivity index (χ1) is 11.1. The molecule has 3 atom stereocenters. The maximum absolute atomic E-state index is 12.7. The second-order valence-electron chi connectivity index (χ2n) is 6.73. The fourth-order valence-corrected chi connectivity index (χ4v) is 3.96. The number of nitrogens with one attached hydrogen (secondary N) is 1. The lowest BCUT2D eigenvalue weighted by atomic mass is 9.84. The predicted molar refractivity (Wildman–Crippen MR) is 90.0 cm³/mol. The van der Waals surface area contributed by atoms with Crippen molar-refractivity contribution >= 4 is 17.5 Å². The van der Waals surface area contributed by atoms with Gasteiger partial charge in [-0.15, -0.1) is 0 Å². The molecular weight excluding hydrogens is 290 g/mol. The highest BCUT2D eigenvalue weighted by Gasteiger charge is 2.33. The van der Waals surface area contributed by atoms with Gasteiger partial charge in [0.2, 0.25) is 11.8 Å². The minimum Gasteiger partial charge on any atom is -0.369 e. The molecular formula is C18H25N3O2. The number of benzene rings is 1. The lowest BCUT2D eigenvalue weighted by molar-refractivity contribution is -0.124. The minimum absolute atomic E-state index is 0.0263. The van der Waals surface area contributed by atoms with E-state index in [1.54, 1.807) is 0 Å². The largest absolute Gasteiger partial charge is 0.369 e. The van der Waals surface area contributed by atoms with Crippen molar-refractivity contribution in [1.29, 1.82) is 0 Å². The first kappa shape index (κ1) is 16.0. The molecule has 5 nitrogen and oxygen atoms in total. The van der Waals surface area contributed by atoms with Crippen LogP contribution in [-0.2, 0) is 16.0 Å². The molecule has 1 fully saturated rings. The van der Waals surface area contributed by atoms with Gasteiger partial charge in [-0.25, -0.2) is 0 Å². The van der Waals surface area contributed by atoms with E-state index in [1.165, 1.54) is 5.56 Å². The van der Waals surface area contributed by atoms with Crippen LogP contribution in [0.1, 0.15) is 38.2 Å². The Bertz CT molecular complexity index is 602. The van der Waals surface area contributed by atoms with E-state index >= 15 is 0 Å². The molecule has 1 saturated carbocycles. The summed E-state index contributed by atoms with van der Waals surface area (Å²) in [5.41, 5.74) is 7.74. The summed E-state index contributed by atoms with van der Waals surface area (Å²) in [5, 5.41) is 3.29. The quantitative estimate of drug-likeness (QED) is 0.886. The van der Waals surface area contributed by atoms with Gasteiger partial charge in [-0.3, -0.25) is 9.59 Å². The molecule has 1 aromatic rings. The highest BCUT2D eigenvalue weighted by Crippen LogP contribution is 2.31. The van der Waals surface area contributed by atoms with Crippen LogP contribution in [0.5, 0.6) is 0 Å². The normalized spacial score (nSPS) is 26.8. The monoisotopic (exact) mass is 315 g/mol. The van der Waals surface area contributed by atoms with Crippen molar-refractivity contribution in [3.63, 3.8) is 0 Å². The van der Waals surface area contributed by atoms with Gasteiger partial charge in [-0.1, -0.05) is 31.0 Å². The summed E-state index contributed by atoms with van der Waals surface area (Å²) in [6.07, 6.45) is 4.75. The van der Waals surface area contributed by atoms with E-state index in [-0.39, 0.29) is 36.4 Å². The highest BCUT2D eigenvalue weighted by molar-refractivity contribution is 5.97. The van der Waals surface area contributed by atoms with E-state index in [0.717, 1.165) is 37.8 Å². The molecule has 0 aromatic heterocycles. The Kier molecular flexibility index (Phi) is 4.66. The third-order valence-corrected chi connectivity index (χ3v) is 5.12. The van der Waals surface area contributed by atoms with E-state index in [4.69, 9.17) is 5.73 Å². The summed E-state index contributed by atoms with van der Waals surface area (Å²) < 4.78 is 0. The molecule has 0 radical (unpaired) electrons. The molecule has 5 heteroatoms. The number of nitrogens with two attached hydrogens (primary N) is 1. The van der Waals surface area contributed by atoms with Gasteiger partial charge in [0.05, 0.1) is 12.5 Å². The summed E-state index contributed by atoms with van der Waals surface area (Å²) >= 11 is 0. The Morgan fingerprint density at radius 1 is 1.26 bits per heavy atom. The number of nitrogens with zero attached hydrogens (tertiary/aromatic N) is 1. The molecule has 124 valence electrons. The second kappa shape index (κ2) is 6.71. The third kappa shape index (κ3) is 3.24. The summed E-state index contributed by atoms with van der Waals surface area (Å²) in [6, 6.07) is 8.27. The minimum atomic E-state index is -0.255. The number of primary amides is 1. The zero-order valence-electron chi connectivity index (χ0n) is 13.6. The number of para-hydroxylation sites is 1. The lowest BCUT2D eigenvalue weighted by Crippen LogP contribution is -2.49. The van der Waals surface area contributed by atoms with Crippen LogP contribution in [0.2, 0.25) is 0 Å². The molecule has 3 rings (SSSR count). The highest BCUT2D eigenvalue weighted by atomic mass is 16.2. The van der Waals surface area contributed by atoms with E-state index in [2.05, 4.69) is 18.3 Å². The van der Waals surface area contributed by atoms with Crippen LogP contribution in [0.15, 0.2) is 24.3 Å². The Balaban J connectivity index is 1.64. The molecule has 1 aliphatic heterocycles. The van der Waals surface area contributed by atoms with Gasteiger partial charge in [0, 0.05) is 17.8 Å². The fourth-order valence-electron chi connectivity index (χ4n) is 3.96. The third-order valence-electron chi connectivity index (χ3n) is 5.12. The Labute approximate surface area is 137 Å². The van der Waals surface area contributed by atoms with Crippen LogP contribution < -0.4 is 16.0 Å². The maximum Gasteiger partial charge on any atom is 0.241 e. The lowest BCUT2D eigenvalue weighted by Gasteiger charge is -2.31. The van der Waals surface area contributed by atoms with Crippen molar-refractivity contribution in [3.8, 4) is 0 Å². The van der Waals surface area contributed by atoms with E-state index in [9.17, 15) is 9.59 Å². The summed E-state index contributed by atoms with van der Waals surface area (Å²) in [6.45, 7) is 2.33. The summed E-state index contributed by atoms with van der Waals surface area (Å²) in [5.74, 6) is -0.342. The number of anilines is 1. The van der Waals surface area contributed by atoms with Crippen molar-refractivity contribution in [2.24, 2.45) is 11.7 Å². The number of fused-ring (bicyclic) bond motifs is 1. The van der Waals surface area contributed by atoms with Crippen molar-refractivity contribution in [1.82, 2.24) is 5.32 Å². The van der Waals surface area contributed by atoms with Gasteiger partial charge >= 0.3 is 0 Å². The first-order valence-electron chi connectivity index (χ1n) is 8.50. The van der Waals surface area contributed by atoms with Crippen LogP contribution in [0, 0.1) is 5.92 Å². The average molecular weight is 315 g/mol. The summed E-state index contributed by atoms with van der Waals surface area (Å²) in [7, 11) is 0. The van der Waals surface area contributed by atoms with Crippen LogP contribution >= 0.6 is 0 Å². The smallest absolute Gasteiger partial charge is 0.241 e. The average Bonchev–Trinajstić information content (AvgIpc) is 2.88. The SMILES string of the molecule is C[C@@H]1Cc2ccccc2N1C(=O)CN[C@@H]1CCCC[C@H]1C(N)=O. The first-order valence-corrected chi connectivity index (χ1v) is 8.50.